The zero-order chi connectivity index (χ0) is 25.3. The van der Waals surface area contributed by atoms with Crippen LogP contribution in [0.25, 0.3) is 0 Å². The number of aromatic nitrogens is 2. The molecular weight excluding hydrogens is 436 g/mol. The summed E-state index contributed by atoms with van der Waals surface area (Å²) in [5, 5.41) is 8.71. The number of morpholine rings is 1. The van der Waals surface area contributed by atoms with Gasteiger partial charge in [0.25, 0.3) is 5.56 Å². The molecule has 0 saturated carbocycles. The maximum atomic E-state index is 11.6. The Morgan fingerprint density at radius 2 is 2.03 bits per heavy atom. The van der Waals surface area contributed by atoms with Crippen molar-refractivity contribution in [1.29, 1.82) is 0 Å². The third kappa shape index (κ3) is 8.30. The Morgan fingerprint density at radius 3 is 2.62 bits per heavy atom. The fourth-order valence-corrected chi connectivity index (χ4v) is 3.81. The van der Waals surface area contributed by atoms with Gasteiger partial charge in [0, 0.05) is 38.0 Å². The van der Waals surface area contributed by atoms with Gasteiger partial charge < -0.3 is 25.0 Å². The molecule has 9 nitrogen and oxygen atoms in total. The Labute approximate surface area is 200 Å². The molecule has 3 N–H and O–H groups in total. The molecule has 9 heteroatoms. The SMILES string of the molecule is CC1(C)CN(c2cncc(CCC(=O)O)c2)CCO1.CCCC(C(N)=O)n1ccc(C)cc1=O. The molecule has 0 bridgehead atoms. The number of carboxylic acid groups (broad SMARTS) is 1. The molecule has 1 unspecified atom stereocenters. The second-order valence-electron chi connectivity index (χ2n) is 9.13. The summed E-state index contributed by atoms with van der Waals surface area (Å²) in [5.74, 6) is -1.24. The molecule has 186 valence electrons. The normalized spacial score (nSPS) is 15.7. The Balaban J connectivity index is 0.000000248. The largest absolute Gasteiger partial charge is 0.481 e. The molecule has 1 aliphatic rings. The van der Waals surface area contributed by atoms with Crippen molar-refractivity contribution < 1.29 is 19.4 Å². The van der Waals surface area contributed by atoms with Crippen molar-refractivity contribution in [3.63, 3.8) is 0 Å². The highest BCUT2D eigenvalue weighted by molar-refractivity contribution is 5.78. The highest BCUT2D eigenvalue weighted by Gasteiger charge is 2.27. The van der Waals surface area contributed by atoms with Crippen molar-refractivity contribution in [3.8, 4) is 0 Å². The number of hydrogen-bond donors (Lipinski definition) is 2. The van der Waals surface area contributed by atoms with Gasteiger partial charge in [-0.15, -0.1) is 0 Å². The Kier molecular flexibility index (Phi) is 9.80. The third-order valence-electron chi connectivity index (χ3n) is 5.53. The van der Waals surface area contributed by atoms with Gasteiger partial charge in [-0.05, 0) is 56.9 Å². The van der Waals surface area contributed by atoms with Crippen LogP contribution in [0, 0.1) is 6.92 Å². The number of rotatable bonds is 8. The van der Waals surface area contributed by atoms with Gasteiger partial charge in [0.05, 0.1) is 24.1 Å². The molecule has 0 spiro atoms. The second kappa shape index (κ2) is 12.3. The lowest BCUT2D eigenvalue weighted by molar-refractivity contribution is -0.137. The van der Waals surface area contributed by atoms with E-state index < -0.39 is 17.9 Å². The van der Waals surface area contributed by atoms with E-state index in [0.717, 1.165) is 36.3 Å². The number of nitrogens with two attached hydrogens (primary N) is 1. The average molecular weight is 473 g/mol. The zero-order valence-electron chi connectivity index (χ0n) is 20.5. The summed E-state index contributed by atoms with van der Waals surface area (Å²) in [7, 11) is 0. The molecule has 0 aliphatic carbocycles. The summed E-state index contributed by atoms with van der Waals surface area (Å²) in [4.78, 5) is 39.8. The van der Waals surface area contributed by atoms with Crippen LogP contribution in [0.5, 0.6) is 0 Å². The molecule has 1 saturated heterocycles. The number of anilines is 1. The summed E-state index contributed by atoms with van der Waals surface area (Å²) < 4.78 is 7.09. The number of amides is 1. The lowest BCUT2D eigenvalue weighted by Gasteiger charge is -2.39. The van der Waals surface area contributed by atoms with Crippen LogP contribution in [0.15, 0.2) is 41.6 Å². The van der Waals surface area contributed by atoms with E-state index in [1.54, 1.807) is 18.5 Å². The molecule has 1 atom stereocenters. The number of carbonyl (C=O) groups excluding carboxylic acids is 1. The standard InChI is InChI=1S/C14H20N2O3.C11H16N2O2/c1-14(2)10-16(5-6-19-14)12-7-11(8-15-9-12)3-4-13(17)18;1-3-4-9(11(12)15)13-6-5-8(2)7-10(13)14/h7-9H,3-6,10H2,1-2H3,(H,17,18);5-7,9H,3-4H2,1-2H3,(H2,12,15). The van der Waals surface area contributed by atoms with E-state index in [0.29, 0.717) is 19.4 Å². The van der Waals surface area contributed by atoms with E-state index in [4.69, 9.17) is 15.6 Å². The summed E-state index contributed by atoms with van der Waals surface area (Å²) in [6.45, 7) is 10.3. The fraction of sp³-hybridized carbons (Fsp3) is 0.520. The van der Waals surface area contributed by atoms with Crippen LogP contribution in [-0.4, -0.2) is 51.8 Å². The Morgan fingerprint density at radius 1 is 1.29 bits per heavy atom. The molecule has 34 heavy (non-hydrogen) atoms. The van der Waals surface area contributed by atoms with Crippen molar-refractivity contribution in [2.24, 2.45) is 5.73 Å². The van der Waals surface area contributed by atoms with E-state index in [1.807, 2.05) is 26.1 Å². The minimum atomic E-state index is -0.780. The number of primary amides is 1. The van der Waals surface area contributed by atoms with Crippen molar-refractivity contribution >= 4 is 17.6 Å². The number of aliphatic carboxylic acids is 1. The molecule has 3 heterocycles. The average Bonchev–Trinajstić information content (AvgIpc) is 2.76. The molecule has 1 amide bonds. The molecule has 3 rings (SSSR count). The van der Waals surface area contributed by atoms with Crippen LogP contribution in [0.3, 0.4) is 0 Å². The molecule has 1 fully saturated rings. The number of pyridine rings is 2. The second-order valence-corrected chi connectivity index (χ2v) is 9.13. The molecule has 1 aliphatic heterocycles. The third-order valence-corrected chi connectivity index (χ3v) is 5.53. The van der Waals surface area contributed by atoms with Crippen LogP contribution < -0.4 is 16.2 Å². The fourth-order valence-electron chi connectivity index (χ4n) is 3.81. The van der Waals surface area contributed by atoms with Gasteiger partial charge in [-0.2, -0.15) is 0 Å². The topological polar surface area (TPSA) is 128 Å². The molecule has 2 aromatic heterocycles. The summed E-state index contributed by atoms with van der Waals surface area (Å²) in [6.07, 6.45) is 7.25. The number of nitrogens with zero attached hydrogens (tertiary/aromatic N) is 3. The number of hydrogen-bond acceptors (Lipinski definition) is 6. The van der Waals surface area contributed by atoms with E-state index in [1.165, 1.54) is 10.6 Å². The highest BCUT2D eigenvalue weighted by Crippen LogP contribution is 2.23. The number of ether oxygens (including phenoxy) is 1. The predicted octanol–water partition coefficient (Wildman–Crippen LogP) is 2.70. The summed E-state index contributed by atoms with van der Waals surface area (Å²) in [6, 6.07) is 4.80. The van der Waals surface area contributed by atoms with Gasteiger partial charge in [-0.25, -0.2) is 0 Å². The maximum Gasteiger partial charge on any atom is 0.303 e. The van der Waals surface area contributed by atoms with Gasteiger partial charge in [0.15, 0.2) is 0 Å². The molecule has 0 radical (unpaired) electrons. The van der Waals surface area contributed by atoms with Crippen LogP contribution in [0.1, 0.15) is 57.2 Å². The van der Waals surface area contributed by atoms with Crippen molar-refractivity contribution in [2.45, 2.75) is 65.0 Å². The first-order valence-corrected chi connectivity index (χ1v) is 11.5. The van der Waals surface area contributed by atoms with Gasteiger partial charge in [0.2, 0.25) is 5.91 Å². The van der Waals surface area contributed by atoms with Crippen molar-refractivity contribution in [2.75, 3.05) is 24.6 Å². The van der Waals surface area contributed by atoms with E-state index in [2.05, 4.69) is 23.7 Å². The van der Waals surface area contributed by atoms with Crippen LogP contribution >= 0.6 is 0 Å². The van der Waals surface area contributed by atoms with Gasteiger partial charge in [-0.1, -0.05) is 13.3 Å². The van der Waals surface area contributed by atoms with Crippen molar-refractivity contribution in [3.05, 3.63) is 58.3 Å². The van der Waals surface area contributed by atoms with E-state index in [-0.39, 0.29) is 17.6 Å². The summed E-state index contributed by atoms with van der Waals surface area (Å²) >= 11 is 0. The number of aryl methyl sites for hydroxylation is 2. The predicted molar refractivity (Wildman–Crippen MR) is 131 cm³/mol. The Hall–Kier alpha value is -3.20. The van der Waals surface area contributed by atoms with E-state index in [9.17, 15) is 14.4 Å². The first kappa shape index (κ1) is 27.0. The first-order valence-electron chi connectivity index (χ1n) is 11.5. The lowest BCUT2D eigenvalue weighted by Crippen LogP contribution is -2.48. The van der Waals surface area contributed by atoms with Crippen LogP contribution in [0.4, 0.5) is 5.69 Å². The van der Waals surface area contributed by atoms with Crippen molar-refractivity contribution in [1.82, 2.24) is 9.55 Å². The van der Waals surface area contributed by atoms with Crippen LogP contribution in [-0.2, 0) is 20.7 Å². The maximum absolute atomic E-state index is 11.6. The quantitative estimate of drug-likeness (QED) is 0.604. The molecule has 0 aromatic carbocycles. The highest BCUT2D eigenvalue weighted by atomic mass is 16.5. The van der Waals surface area contributed by atoms with E-state index >= 15 is 0 Å². The molecule has 2 aromatic rings. The minimum absolute atomic E-state index is 0.139. The molecular formula is C25H36N4O5. The number of carboxylic acids is 1. The van der Waals surface area contributed by atoms with Crippen LogP contribution in [0.2, 0.25) is 0 Å². The smallest absolute Gasteiger partial charge is 0.303 e. The number of carbonyl (C=O) groups is 2. The monoisotopic (exact) mass is 472 g/mol. The zero-order valence-corrected chi connectivity index (χ0v) is 20.5. The van der Waals surface area contributed by atoms with Gasteiger partial charge in [0.1, 0.15) is 6.04 Å². The van der Waals surface area contributed by atoms with Gasteiger partial charge >= 0.3 is 5.97 Å². The minimum Gasteiger partial charge on any atom is -0.481 e. The summed E-state index contributed by atoms with van der Waals surface area (Å²) in [5.41, 5.74) is 7.82. The first-order chi connectivity index (χ1) is 16.0. The van der Waals surface area contributed by atoms with Gasteiger partial charge in [-0.3, -0.25) is 19.4 Å². The lowest BCUT2D eigenvalue weighted by atomic mass is 10.1. The Bertz CT molecular complexity index is 1030.